The molecule has 0 radical (unpaired) electrons. The second-order valence-corrected chi connectivity index (χ2v) is 6.41. The van der Waals surface area contributed by atoms with Gasteiger partial charge in [-0.3, -0.25) is 0 Å². The Morgan fingerprint density at radius 1 is 1.00 bits per heavy atom. The van der Waals surface area contributed by atoms with Crippen LogP contribution in [0, 0.1) is 17.6 Å². The fourth-order valence-electron chi connectivity index (χ4n) is 2.83. The van der Waals surface area contributed by atoms with Gasteiger partial charge in [0.25, 0.3) is 0 Å². The van der Waals surface area contributed by atoms with Crippen LogP contribution in [0.25, 0.3) is 0 Å². The van der Waals surface area contributed by atoms with Crippen molar-refractivity contribution in [2.75, 3.05) is 6.54 Å². The predicted molar refractivity (Wildman–Crippen MR) is 88.4 cm³/mol. The molecule has 0 saturated heterocycles. The quantitative estimate of drug-likeness (QED) is 0.533. The molecule has 0 spiro atoms. The van der Waals surface area contributed by atoms with E-state index in [0.717, 1.165) is 38.6 Å². The van der Waals surface area contributed by atoms with Crippen LogP contribution in [0.5, 0.6) is 0 Å². The van der Waals surface area contributed by atoms with Crippen LogP contribution in [-0.2, 0) is 0 Å². The van der Waals surface area contributed by atoms with Gasteiger partial charge in [0.15, 0.2) is 0 Å². The van der Waals surface area contributed by atoms with Gasteiger partial charge in [-0.25, -0.2) is 8.78 Å². The lowest BCUT2D eigenvalue weighted by Gasteiger charge is -2.29. The number of hydrogen-bond donors (Lipinski definition) is 1. The summed E-state index contributed by atoms with van der Waals surface area (Å²) < 4.78 is 28.3. The van der Waals surface area contributed by atoms with Crippen molar-refractivity contribution in [3.8, 4) is 0 Å². The molecule has 1 aromatic rings. The maximum atomic E-state index is 14.3. The van der Waals surface area contributed by atoms with E-state index in [-0.39, 0.29) is 16.3 Å². The van der Waals surface area contributed by atoms with E-state index < -0.39 is 5.82 Å². The molecule has 0 heterocycles. The van der Waals surface area contributed by atoms with E-state index >= 15 is 0 Å². The average Bonchev–Trinajstić information content (AvgIpc) is 2.44. The first-order chi connectivity index (χ1) is 10.0. The molecule has 21 heavy (non-hydrogen) atoms. The van der Waals surface area contributed by atoms with Gasteiger partial charge >= 0.3 is 0 Å². The Bertz CT molecular complexity index is 431. The summed E-state index contributed by atoms with van der Waals surface area (Å²) >= 11 is 3.05. The Hall–Kier alpha value is -0.480. The summed E-state index contributed by atoms with van der Waals surface area (Å²) in [6.07, 6.45) is 5.12. The lowest BCUT2D eigenvalue weighted by atomic mass is 9.85. The number of benzene rings is 1. The highest BCUT2D eigenvalue weighted by Crippen LogP contribution is 2.33. The molecule has 1 atom stereocenters. The van der Waals surface area contributed by atoms with Crippen LogP contribution in [0.1, 0.15) is 64.5 Å². The van der Waals surface area contributed by atoms with Crippen LogP contribution in [0.2, 0.25) is 0 Å². The SMILES string of the molecule is CCCNC(c1cc(F)c(Br)cc1F)C(CCC)CCC. The first kappa shape index (κ1) is 18.6. The minimum Gasteiger partial charge on any atom is -0.310 e. The second-order valence-electron chi connectivity index (χ2n) is 5.56. The lowest BCUT2D eigenvalue weighted by Crippen LogP contribution is -2.30. The Kier molecular flexibility index (Phi) is 8.42. The van der Waals surface area contributed by atoms with E-state index in [4.69, 9.17) is 0 Å². The lowest BCUT2D eigenvalue weighted by molar-refractivity contribution is 0.308. The largest absolute Gasteiger partial charge is 0.310 e. The van der Waals surface area contributed by atoms with Crippen LogP contribution in [-0.4, -0.2) is 6.54 Å². The van der Waals surface area contributed by atoms with Crippen LogP contribution >= 0.6 is 15.9 Å². The Morgan fingerprint density at radius 2 is 1.62 bits per heavy atom. The van der Waals surface area contributed by atoms with E-state index in [1.54, 1.807) is 0 Å². The maximum absolute atomic E-state index is 14.3. The van der Waals surface area contributed by atoms with Crippen molar-refractivity contribution >= 4 is 15.9 Å². The third-order valence-corrected chi connectivity index (χ3v) is 4.39. The minimum atomic E-state index is -0.401. The van der Waals surface area contributed by atoms with Crippen molar-refractivity contribution in [1.82, 2.24) is 5.32 Å². The Balaban J connectivity index is 3.13. The van der Waals surface area contributed by atoms with E-state index in [0.29, 0.717) is 11.5 Å². The van der Waals surface area contributed by atoms with Crippen molar-refractivity contribution in [3.05, 3.63) is 33.8 Å². The molecule has 0 aromatic heterocycles. The monoisotopic (exact) mass is 361 g/mol. The van der Waals surface area contributed by atoms with Gasteiger partial charge in [0, 0.05) is 11.6 Å². The number of rotatable bonds is 9. The highest BCUT2D eigenvalue weighted by atomic mass is 79.9. The zero-order valence-corrected chi connectivity index (χ0v) is 14.8. The van der Waals surface area contributed by atoms with Gasteiger partial charge in [-0.1, -0.05) is 33.6 Å². The van der Waals surface area contributed by atoms with E-state index in [9.17, 15) is 8.78 Å². The molecule has 1 N–H and O–H groups in total. The van der Waals surface area contributed by atoms with Crippen molar-refractivity contribution in [2.45, 2.75) is 58.9 Å². The fraction of sp³-hybridized carbons (Fsp3) is 0.647. The topological polar surface area (TPSA) is 12.0 Å². The van der Waals surface area contributed by atoms with Gasteiger partial charge in [-0.15, -0.1) is 0 Å². The van der Waals surface area contributed by atoms with Crippen molar-refractivity contribution in [1.29, 1.82) is 0 Å². The van der Waals surface area contributed by atoms with Crippen LogP contribution < -0.4 is 5.32 Å². The van der Waals surface area contributed by atoms with Crippen LogP contribution in [0.15, 0.2) is 16.6 Å². The molecule has 0 fully saturated rings. The molecule has 0 aliphatic rings. The van der Waals surface area contributed by atoms with Crippen molar-refractivity contribution < 1.29 is 8.78 Å². The minimum absolute atomic E-state index is 0.118. The van der Waals surface area contributed by atoms with E-state index in [2.05, 4.69) is 42.0 Å². The summed E-state index contributed by atoms with van der Waals surface area (Å²) in [5, 5.41) is 3.42. The van der Waals surface area contributed by atoms with Gasteiger partial charge in [0.2, 0.25) is 0 Å². The van der Waals surface area contributed by atoms with Gasteiger partial charge in [0.05, 0.1) is 4.47 Å². The normalized spacial score (nSPS) is 12.9. The summed E-state index contributed by atoms with van der Waals surface area (Å²) in [6, 6.07) is 2.46. The molecular formula is C17H26BrF2N. The first-order valence-corrected chi connectivity index (χ1v) is 8.72. The summed E-state index contributed by atoms with van der Waals surface area (Å²) in [6.45, 7) is 7.17. The van der Waals surface area contributed by atoms with Gasteiger partial charge < -0.3 is 5.32 Å². The third kappa shape index (κ3) is 5.33. The first-order valence-electron chi connectivity index (χ1n) is 7.92. The van der Waals surface area contributed by atoms with E-state index in [1.807, 2.05) is 0 Å². The summed E-state index contributed by atoms with van der Waals surface area (Å²) in [5.41, 5.74) is 0.455. The molecular weight excluding hydrogens is 336 g/mol. The zero-order valence-electron chi connectivity index (χ0n) is 13.2. The molecule has 0 saturated carbocycles. The van der Waals surface area contributed by atoms with Crippen LogP contribution in [0.3, 0.4) is 0 Å². The maximum Gasteiger partial charge on any atom is 0.137 e. The zero-order chi connectivity index (χ0) is 15.8. The average molecular weight is 362 g/mol. The number of nitrogens with one attached hydrogen (secondary N) is 1. The number of hydrogen-bond acceptors (Lipinski definition) is 1. The molecule has 1 aromatic carbocycles. The molecule has 0 aliphatic heterocycles. The smallest absolute Gasteiger partial charge is 0.137 e. The van der Waals surface area contributed by atoms with Crippen LogP contribution in [0.4, 0.5) is 8.78 Å². The molecule has 120 valence electrons. The molecule has 0 bridgehead atoms. The molecule has 1 nitrogen and oxygen atoms in total. The highest BCUT2D eigenvalue weighted by Gasteiger charge is 2.25. The van der Waals surface area contributed by atoms with Crippen molar-refractivity contribution in [3.63, 3.8) is 0 Å². The number of halogens is 3. The standard InChI is InChI=1S/C17H26BrF2N/c1-4-7-12(8-5-2)17(21-9-6-3)13-10-16(20)14(18)11-15(13)19/h10-12,17,21H,4-9H2,1-3H3. The molecule has 4 heteroatoms. The predicted octanol–water partition coefficient (Wildman–Crippen LogP) is 5.98. The van der Waals surface area contributed by atoms with Gasteiger partial charge in [-0.05, 0) is 59.8 Å². The Labute approximate surface area is 135 Å². The van der Waals surface area contributed by atoms with Gasteiger partial charge in [0.1, 0.15) is 11.6 Å². The molecule has 1 rings (SSSR count). The third-order valence-electron chi connectivity index (χ3n) is 3.78. The molecule has 0 aliphatic carbocycles. The Morgan fingerprint density at radius 3 is 2.14 bits per heavy atom. The van der Waals surface area contributed by atoms with Gasteiger partial charge in [-0.2, -0.15) is 0 Å². The summed E-state index contributed by atoms with van der Waals surface area (Å²) in [7, 11) is 0. The highest BCUT2D eigenvalue weighted by molar-refractivity contribution is 9.10. The molecule has 1 unspecified atom stereocenters. The second kappa shape index (κ2) is 9.52. The van der Waals surface area contributed by atoms with Crippen molar-refractivity contribution in [2.24, 2.45) is 5.92 Å². The summed E-state index contributed by atoms with van der Waals surface area (Å²) in [4.78, 5) is 0. The summed E-state index contributed by atoms with van der Waals surface area (Å²) in [5.74, 6) is -0.405. The fourth-order valence-corrected chi connectivity index (χ4v) is 3.14. The van der Waals surface area contributed by atoms with E-state index in [1.165, 1.54) is 12.1 Å². The molecule has 0 amide bonds.